The summed E-state index contributed by atoms with van der Waals surface area (Å²) < 4.78 is 66.5. The Morgan fingerprint density at radius 1 is 1.00 bits per heavy atom. The van der Waals surface area contributed by atoms with Crippen LogP contribution in [0, 0.1) is 0 Å². The van der Waals surface area contributed by atoms with Crippen LogP contribution in [-0.4, -0.2) is 23.4 Å². The molecule has 0 amide bonds. The molecule has 0 fully saturated rings. The maximum absolute atomic E-state index is 12.9. The number of benzene rings is 2. The van der Waals surface area contributed by atoms with Gasteiger partial charge in [-0.25, -0.2) is 13.1 Å². The Morgan fingerprint density at radius 3 is 2.30 bits per heavy atom. The average Bonchev–Trinajstić information content (AvgIpc) is 3.14. The average molecular weight is 396 g/mol. The summed E-state index contributed by atoms with van der Waals surface area (Å²) in [7, 11) is -4.21. The first-order valence-corrected chi connectivity index (χ1v) is 9.33. The summed E-state index contributed by atoms with van der Waals surface area (Å²) in [6.07, 6.45) is -1.74. The van der Waals surface area contributed by atoms with Gasteiger partial charge in [0.2, 0.25) is 10.0 Å². The first-order chi connectivity index (χ1) is 12.8. The van der Waals surface area contributed by atoms with Crippen molar-refractivity contribution in [3.63, 3.8) is 0 Å². The first-order valence-electron chi connectivity index (χ1n) is 7.84. The van der Waals surface area contributed by atoms with Crippen LogP contribution in [0.4, 0.5) is 13.2 Å². The van der Waals surface area contributed by atoms with Crippen molar-refractivity contribution in [2.24, 2.45) is 0 Å². The van der Waals surface area contributed by atoms with Crippen molar-refractivity contribution in [2.45, 2.75) is 23.7 Å². The molecule has 6 nitrogen and oxygen atoms in total. The zero-order valence-electron chi connectivity index (χ0n) is 13.8. The monoisotopic (exact) mass is 396 g/mol. The van der Waals surface area contributed by atoms with Crippen molar-refractivity contribution in [1.29, 1.82) is 0 Å². The molecule has 1 atom stereocenters. The molecular formula is C17H15F3N4O2S. The zero-order chi connectivity index (χ0) is 19.5. The molecule has 3 rings (SSSR count). The van der Waals surface area contributed by atoms with Crippen LogP contribution in [0.5, 0.6) is 0 Å². The molecule has 0 aliphatic rings. The molecule has 1 heterocycles. The maximum atomic E-state index is 12.9. The van der Waals surface area contributed by atoms with E-state index in [1.807, 2.05) is 0 Å². The lowest BCUT2D eigenvalue weighted by Crippen LogP contribution is -2.32. The summed E-state index contributed by atoms with van der Waals surface area (Å²) >= 11 is 0. The number of hydrogen-bond donors (Lipinski definition) is 1. The highest BCUT2D eigenvalue weighted by Crippen LogP contribution is 2.30. The molecule has 142 valence electrons. The van der Waals surface area contributed by atoms with Gasteiger partial charge in [0.1, 0.15) is 0 Å². The van der Waals surface area contributed by atoms with Gasteiger partial charge in [-0.3, -0.25) is 0 Å². The molecule has 0 radical (unpaired) electrons. The van der Waals surface area contributed by atoms with Crippen molar-refractivity contribution < 1.29 is 21.6 Å². The van der Waals surface area contributed by atoms with Gasteiger partial charge in [-0.1, -0.05) is 36.4 Å². The lowest BCUT2D eigenvalue weighted by atomic mass is 10.1. The van der Waals surface area contributed by atoms with Crippen LogP contribution in [0.25, 0.3) is 0 Å². The van der Waals surface area contributed by atoms with Crippen LogP contribution < -0.4 is 4.72 Å². The van der Waals surface area contributed by atoms with Gasteiger partial charge in [-0.2, -0.15) is 28.2 Å². The van der Waals surface area contributed by atoms with E-state index >= 15 is 0 Å². The standard InChI is InChI=1S/C17H15F3N4O2S/c18-17(19,20)14-7-4-8-15(11-14)27(25,26)23-16(12-24-21-9-10-22-24)13-5-2-1-3-6-13/h1-11,16,23H,12H2. The summed E-state index contributed by atoms with van der Waals surface area (Å²) in [6.45, 7) is 0.0786. The molecule has 1 unspecified atom stereocenters. The van der Waals surface area contributed by atoms with E-state index in [4.69, 9.17) is 0 Å². The van der Waals surface area contributed by atoms with Crippen LogP contribution in [0.15, 0.2) is 71.9 Å². The van der Waals surface area contributed by atoms with Gasteiger partial charge in [-0.05, 0) is 23.8 Å². The SMILES string of the molecule is O=S(=O)(NC(Cn1nccn1)c1ccccc1)c1cccc(C(F)(F)F)c1. The fourth-order valence-corrected chi connectivity index (χ4v) is 3.75. The van der Waals surface area contributed by atoms with Gasteiger partial charge >= 0.3 is 6.18 Å². The van der Waals surface area contributed by atoms with Gasteiger partial charge in [0.05, 0.1) is 35.4 Å². The second kappa shape index (κ2) is 7.49. The fourth-order valence-electron chi connectivity index (χ4n) is 2.49. The van der Waals surface area contributed by atoms with Gasteiger partial charge in [0.15, 0.2) is 0 Å². The molecule has 0 bridgehead atoms. The van der Waals surface area contributed by atoms with E-state index in [9.17, 15) is 21.6 Å². The number of rotatable bonds is 6. The third-order valence-corrected chi connectivity index (χ3v) is 5.25. The van der Waals surface area contributed by atoms with Gasteiger partial charge in [-0.15, -0.1) is 0 Å². The molecule has 2 aromatic carbocycles. The van der Waals surface area contributed by atoms with Crippen LogP contribution in [0.1, 0.15) is 17.2 Å². The van der Waals surface area contributed by atoms with E-state index in [-0.39, 0.29) is 6.54 Å². The number of nitrogens with zero attached hydrogens (tertiary/aromatic N) is 3. The molecule has 0 saturated carbocycles. The number of nitrogens with one attached hydrogen (secondary N) is 1. The Balaban J connectivity index is 1.92. The number of hydrogen-bond acceptors (Lipinski definition) is 4. The molecule has 1 aromatic heterocycles. The minimum Gasteiger partial charge on any atom is -0.207 e. The van der Waals surface area contributed by atoms with Crippen molar-refractivity contribution in [1.82, 2.24) is 19.7 Å². The topological polar surface area (TPSA) is 76.9 Å². The van der Waals surface area contributed by atoms with E-state index in [0.29, 0.717) is 11.6 Å². The van der Waals surface area contributed by atoms with Crippen LogP contribution >= 0.6 is 0 Å². The highest BCUT2D eigenvalue weighted by atomic mass is 32.2. The largest absolute Gasteiger partial charge is 0.416 e. The highest BCUT2D eigenvalue weighted by molar-refractivity contribution is 7.89. The van der Waals surface area contributed by atoms with Crippen molar-refractivity contribution in [3.05, 3.63) is 78.1 Å². The van der Waals surface area contributed by atoms with Crippen LogP contribution in [0.2, 0.25) is 0 Å². The fraction of sp³-hybridized carbons (Fsp3) is 0.176. The van der Waals surface area contributed by atoms with Gasteiger partial charge < -0.3 is 0 Å². The third-order valence-electron chi connectivity index (χ3n) is 3.78. The van der Waals surface area contributed by atoms with Gasteiger partial charge in [0, 0.05) is 0 Å². The molecule has 1 N–H and O–H groups in total. The lowest BCUT2D eigenvalue weighted by molar-refractivity contribution is -0.137. The molecule has 27 heavy (non-hydrogen) atoms. The van der Waals surface area contributed by atoms with Crippen LogP contribution in [0.3, 0.4) is 0 Å². The predicted octanol–water partition coefficient (Wildman–Crippen LogP) is 3.02. The number of halogens is 3. The molecule has 0 aliphatic heterocycles. The summed E-state index contributed by atoms with van der Waals surface area (Å²) in [5, 5.41) is 7.91. The minimum absolute atomic E-state index is 0.0786. The number of aromatic nitrogens is 3. The molecule has 0 aliphatic carbocycles. The molecule has 0 spiro atoms. The zero-order valence-corrected chi connectivity index (χ0v) is 14.7. The molecule has 3 aromatic rings. The second-order valence-electron chi connectivity index (χ2n) is 5.69. The summed E-state index contributed by atoms with van der Waals surface area (Å²) in [5.74, 6) is 0. The van der Waals surface area contributed by atoms with E-state index < -0.39 is 32.7 Å². The van der Waals surface area contributed by atoms with E-state index in [1.54, 1.807) is 30.3 Å². The Bertz CT molecular complexity index is 991. The lowest BCUT2D eigenvalue weighted by Gasteiger charge is -2.19. The smallest absolute Gasteiger partial charge is 0.207 e. The van der Waals surface area contributed by atoms with Crippen molar-refractivity contribution in [3.8, 4) is 0 Å². The van der Waals surface area contributed by atoms with Crippen molar-refractivity contribution in [2.75, 3.05) is 0 Å². The molecule has 0 saturated heterocycles. The Hall–Kier alpha value is -2.72. The summed E-state index contributed by atoms with van der Waals surface area (Å²) in [5.41, 5.74) is -0.402. The maximum Gasteiger partial charge on any atom is 0.416 e. The van der Waals surface area contributed by atoms with E-state index in [0.717, 1.165) is 18.2 Å². The van der Waals surface area contributed by atoms with Crippen LogP contribution in [-0.2, 0) is 22.7 Å². The van der Waals surface area contributed by atoms with Gasteiger partial charge in [0.25, 0.3) is 0 Å². The first kappa shape index (κ1) is 19.1. The van der Waals surface area contributed by atoms with E-state index in [1.165, 1.54) is 17.2 Å². The predicted molar refractivity (Wildman–Crippen MR) is 91.0 cm³/mol. The Kier molecular flexibility index (Phi) is 5.29. The minimum atomic E-state index is -4.64. The highest BCUT2D eigenvalue weighted by Gasteiger charge is 2.32. The summed E-state index contributed by atoms with van der Waals surface area (Å²) in [4.78, 5) is 0.832. The normalized spacial score (nSPS) is 13.4. The number of alkyl halides is 3. The second-order valence-corrected chi connectivity index (χ2v) is 7.41. The Morgan fingerprint density at radius 2 is 1.67 bits per heavy atom. The molecular weight excluding hydrogens is 381 g/mol. The van der Waals surface area contributed by atoms with E-state index in [2.05, 4.69) is 14.9 Å². The summed E-state index contributed by atoms with van der Waals surface area (Å²) in [6, 6.07) is 11.5. The number of sulfonamides is 1. The van der Waals surface area contributed by atoms with Crippen molar-refractivity contribution >= 4 is 10.0 Å². The molecule has 10 heteroatoms. The Labute approximate surface area is 153 Å². The quantitative estimate of drug-likeness (QED) is 0.695. The third kappa shape index (κ3) is 4.72.